The quantitative estimate of drug-likeness (QED) is 0.614. The molecule has 1 fully saturated rings. The lowest BCUT2D eigenvalue weighted by Crippen LogP contribution is -2.44. The highest BCUT2D eigenvalue weighted by Gasteiger charge is 2.25. The summed E-state index contributed by atoms with van der Waals surface area (Å²) >= 11 is 0. The van der Waals surface area contributed by atoms with Gasteiger partial charge in [-0.3, -0.25) is 4.90 Å². The Morgan fingerprint density at radius 1 is 1.42 bits per heavy atom. The molecule has 0 amide bonds. The summed E-state index contributed by atoms with van der Waals surface area (Å²) in [6.45, 7) is 10.6. The van der Waals surface area contributed by atoms with Crippen molar-refractivity contribution in [2.45, 2.75) is 59.0 Å². The summed E-state index contributed by atoms with van der Waals surface area (Å²) in [6, 6.07) is 1.54. The standard InChI is InChI=1S/C11H23N/c1-5-11-6-7-12(9(2)3)10(4)8-11/h9-11H,5-8H2,1-4H3/t10-,11-/m0/s1. The number of hydrogen-bond acceptors (Lipinski definition) is 1. The minimum Gasteiger partial charge on any atom is -0.298 e. The van der Waals surface area contributed by atoms with Crippen molar-refractivity contribution < 1.29 is 0 Å². The molecule has 0 bridgehead atoms. The highest BCUT2D eigenvalue weighted by Crippen LogP contribution is 2.26. The topological polar surface area (TPSA) is 3.24 Å². The van der Waals surface area contributed by atoms with Crippen LogP contribution >= 0.6 is 0 Å². The first kappa shape index (κ1) is 10.0. The average Bonchev–Trinajstić information content (AvgIpc) is 2.03. The predicted molar refractivity (Wildman–Crippen MR) is 54.3 cm³/mol. The molecule has 0 aliphatic carbocycles. The zero-order valence-electron chi connectivity index (χ0n) is 9.01. The summed E-state index contributed by atoms with van der Waals surface area (Å²) in [4.78, 5) is 2.63. The van der Waals surface area contributed by atoms with E-state index in [1.807, 2.05) is 0 Å². The van der Waals surface area contributed by atoms with Crippen molar-refractivity contribution in [1.82, 2.24) is 4.90 Å². The molecule has 0 saturated carbocycles. The van der Waals surface area contributed by atoms with Gasteiger partial charge < -0.3 is 0 Å². The fraction of sp³-hybridized carbons (Fsp3) is 1.00. The summed E-state index contributed by atoms with van der Waals surface area (Å²) < 4.78 is 0. The van der Waals surface area contributed by atoms with Gasteiger partial charge in [0.2, 0.25) is 0 Å². The molecule has 1 nitrogen and oxygen atoms in total. The third-order valence-corrected chi connectivity index (χ3v) is 3.28. The Kier molecular flexibility index (Phi) is 3.57. The zero-order chi connectivity index (χ0) is 9.14. The molecular weight excluding hydrogens is 146 g/mol. The van der Waals surface area contributed by atoms with E-state index in [4.69, 9.17) is 0 Å². The second-order valence-corrected chi connectivity index (χ2v) is 4.48. The minimum absolute atomic E-state index is 0.734. The van der Waals surface area contributed by atoms with E-state index in [0.717, 1.165) is 18.0 Å². The molecule has 2 atom stereocenters. The molecule has 1 heterocycles. The van der Waals surface area contributed by atoms with E-state index in [9.17, 15) is 0 Å². The van der Waals surface area contributed by atoms with Crippen LogP contribution in [0.3, 0.4) is 0 Å². The lowest BCUT2D eigenvalue weighted by Gasteiger charge is -2.40. The number of piperidine rings is 1. The maximum absolute atomic E-state index is 2.63. The van der Waals surface area contributed by atoms with Crippen LogP contribution in [0.15, 0.2) is 0 Å². The Morgan fingerprint density at radius 3 is 2.50 bits per heavy atom. The van der Waals surface area contributed by atoms with E-state index < -0.39 is 0 Å². The summed E-state index contributed by atoms with van der Waals surface area (Å²) in [5.74, 6) is 0.995. The van der Waals surface area contributed by atoms with Crippen molar-refractivity contribution in [3.63, 3.8) is 0 Å². The predicted octanol–water partition coefficient (Wildman–Crippen LogP) is 2.91. The van der Waals surface area contributed by atoms with Crippen LogP contribution in [0.4, 0.5) is 0 Å². The molecule has 0 N–H and O–H groups in total. The highest BCUT2D eigenvalue weighted by atomic mass is 15.2. The van der Waals surface area contributed by atoms with Crippen LogP contribution < -0.4 is 0 Å². The van der Waals surface area contributed by atoms with E-state index in [2.05, 4.69) is 32.6 Å². The first-order chi connectivity index (χ1) is 5.65. The molecule has 1 aliphatic heterocycles. The van der Waals surface area contributed by atoms with Crippen LogP contribution in [0, 0.1) is 5.92 Å². The maximum Gasteiger partial charge on any atom is 0.00722 e. The molecule has 0 spiro atoms. The van der Waals surface area contributed by atoms with Crippen LogP contribution in [-0.4, -0.2) is 23.5 Å². The van der Waals surface area contributed by atoms with E-state index in [1.54, 1.807) is 0 Å². The molecule has 0 aromatic rings. The zero-order valence-corrected chi connectivity index (χ0v) is 9.01. The average molecular weight is 169 g/mol. The van der Waals surface area contributed by atoms with Gasteiger partial charge in [-0.05, 0) is 46.1 Å². The number of nitrogens with zero attached hydrogens (tertiary/aromatic N) is 1. The molecule has 1 aliphatic rings. The van der Waals surface area contributed by atoms with Crippen LogP contribution in [0.25, 0.3) is 0 Å². The molecule has 72 valence electrons. The third kappa shape index (κ3) is 2.22. The summed E-state index contributed by atoms with van der Waals surface area (Å²) in [5, 5.41) is 0. The smallest absolute Gasteiger partial charge is 0.00722 e. The fourth-order valence-electron chi connectivity index (χ4n) is 2.43. The van der Waals surface area contributed by atoms with Crippen molar-refractivity contribution in [3.05, 3.63) is 0 Å². The maximum atomic E-state index is 2.63. The van der Waals surface area contributed by atoms with E-state index in [-0.39, 0.29) is 0 Å². The second kappa shape index (κ2) is 4.27. The number of likely N-dealkylation sites (tertiary alicyclic amines) is 1. The lowest BCUT2D eigenvalue weighted by atomic mass is 9.89. The first-order valence-electron chi connectivity index (χ1n) is 5.40. The van der Waals surface area contributed by atoms with E-state index in [0.29, 0.717) is 0 Å². The molecule has 0 radical (unpaired) electrons. The van der Waals surface area contributed by atoms with Crippen molar-refractivity contribution in [1.29, 1.82) is 0 Å². The fourth-order valence-corrected chi connectivity index (χ4v) is 2.43. The van der Waals surface area contributed by atoms with E-state index in [1.165, 1.54) is 25.8 Å². The van der Waals surface area contributed by atoms with Crippen LogP contribution in [0.2, 0.25) is 0 Å². The monoisotopic (exact) mass is 169 g/mol. The first-order valence-corrected chi connectivity index (χ1v) is 5.40. The van der Waals surface area contributed by atoms with E-state index >= 15 is 0 Å². The Balaban J connectivity index is 2.42. The Bertz CT molecular complexity index is 131. The Morgan fingerprint density at radius 2 is 2.08 bits per heavy atom. The minimum atomic E-state index is 0.734. The van der Waals surface area contributed by atoms with Gasteiger partial charge in [0.1, 0.15) is 0 Å². The van der Waals surface area contributed by atoms with Crippen molar-refractivity contribution >= 4 is 0 Å². The van der Waals surface area contributed by atoms with Gasteiger partial charge in [0.25, 0.3) is 0 Å². The summed E-state index contributed by atoms with van der Waals surface area (Å²) in [6.07, 6.45) is 4.20. The van der Waals surface area contributed by atoms with Crippen molar-refractivity contribution in [3.8, 4) is 0 Å². The van der Waals surface area contributed by atoms with Gasteiger partial charge >= 0.3 is 0 Å². The van der Waals surface area contributed by atoms with Gasteiger partial charge in [-0.2, -0.15) is 0 Å². The largest absolute Gasteiger partial charge is 0.298 e. The molecule has 0 unspecified atom stereocenters. The lowest BCUT2D eigenvalue weighted by molar-refractivity contribution is 0.0907. The van der Waals surface area contributed by atoms with Gasteiger partial charge in [-0.15, -0.1) is 0 Å². The Hall–Kier alpha value is -0.0400. The molecule has 1 saturated heterocycles. The Labute approximate surface area is 77.1 Å². The van der Waals surface area contributed by atoms with Crippen LogP contribution in [-0.2, 0) is 0 Å². The molecule has 1 heteroatoms. The van der Waals surface area contributed by atoms with Gasteiger partial charge in [-0.25, -0.2) is 0 Å². The van der Waals surface area contributed by atoms with Gasteiger partial charge in [0.05, 0.1) is 0 Å². The number of hydrogen-bond donors (Lipinski definition) is 0. The second-order valence-electron chi connectivity index (χ2n) is 4.48. The van der Waals surface area contributed by atoms with Crippen molar-refractivity contribution in [2.75, 3.05) is 6.54 Å². The highest BCUT2D eigenvalue weighted by molar-refractivity contribution is 4.80. The summed E-state index contributed by atoms with van der Waals surface area (Å²) in [5.41, 5.74) is 0. The third-order valence-electron chi connectivity index (χ3n) is 3.28. The molecule has 12 heavy (non-hydrogen) atoms. The normalized spacial score (nSPS) is 32.8. The summed E-state index contributed by atoms with van der Waals surface area (Å²) in [7, 11) is 0. The molecule has 0 aromatic carbocycles. The number of rotatable bonds is 2. The molecular formula is C11H23N. The SMILES string of the molecule is CC[C@H]1CCN(C(C)C)[C@@H](C)C1. The van der Waals surface area contributed by atoms with Crippen LogP contribution in [0.1, 0.15) is 47.0 Å². The van der Waals surface area contributed by atoms with Gasteiger partial charge in [0, 0.05) is 12.1 Å². The molecule has 1 rings (SSSR count). The molecule has 0 aromatic heterocycles. The van der Waals surface area contributed by atoms with Crippen molar-refractivity contribution in [2.24, 2.45) is 5.92 Å². The van der Waals surface area contributed by atoms with Gasteiger partial charge in [-0.1, -0.05) is 13.3 Å². The van der Waals surface area contributed by atoms with Crippen LogP contribution in [0.5, 0.6) is 0 Å². The van der Waals surface area contributed by atoms with Gasteiger partial charge in [0.15, 0.2) is 0 Å².